The van der Waals surface area contributed by atoms with Crippen LogP contribution in [0.3, 0.4) is 0 Å². The molecule has 0 aromatic heterocycles. The van der Waals surface area contributed by atoms with Crippen LogP contribution >= 0.6 is 0 Å². The molecule has 4 rings (SSSR count). The number of carbonyl (C=O) groups is 7. The molecule has 1 aliphatic rings. The molecular formula is C39H43N7O19. The van der Waals surface area contributed by atoms with Gasteiger partial charge in [-0.05, 0) is 41.9 Å². The molecule has 4 amide bonds. The first-order chi connectivity index (χ1) is 31.1. The lowest BCUT2D eigenvalue weighted by molar-refractivity contribution is -0.160. The third-order valence-electron chi connectivity index (χ3n) is 8.74. The topological polar surface area (TPSA) is 393 Å². The fraction of sp³-hybridized carbons (Fsp3) is 0.359. The molecule has 0 unspecified atom stereocenters. The van der Waals surface area contributed by atoms with E-state index in [2.05, 4.69) is 31.3 Å². The van der Waals surface area contributed by atoms with Gasteiger partial charge in [-0.1, -0.05) is 17.2 Å². The number of rotatable bonds is 19. The number of phenols is 6. The highest BCUT2D eigenvalue weighted by Crippen LogP contribution is 2.31. The largest absolute Gasteiger partial charge is 0.504 e. The quantitative estimate of drug-likeness (QED) is 0.0136. The average molecular weight is 914 g/mol. The minimum Gasteiger partial charge on any atom is -0.504 e. The molecule has 0 radical (unpaired) electrons. The number of hydrogen-bond donors (Lipinski definition) is 10. The Kier molecular flexibility index (Phi) is 18.7. The molecule has 348 valence electrons. The van der Waals surface area contributed by atoms with Crippen LogP contribution in [0.15, 0.2) is 53.6 Å². The van der Waals surface area contributed by atoms with E-state index >= 15 is 0 Å². The SMILES string of the molecule is [N-]=[N+]=NCCOCCOCCOCCNC(=O)c1cc(O)c(O)c(C(=O)N[C@H]2COC(=O)[C@@H](NC(=O)c3cccc(O)c3O)COC(=O)[C@@H](NC(=O)c3cccc(O)c3O)COC2=O)c1. The van der Waals surface area contributed by atoms with Gasteiger partial charge in [0.2, 0.25) is 0 Å². The van der Waals surface area contributed by atoms with E-state index in [4.69, 9.17) is 34.0 Å². The number of ether oxygens (including phenoxy) is 6. The molecular weight excluding hydrogens is 870 g/mol. The fourth-order valence-electron chi connectivity index (χ4n) is 5.40. The van der Waals surface area contributed by atoms with Gasteiger partial charge in [-0.25, -0.2) is 14.4 Å². The second-order valence-electron chi connectivity index (χ2n) is 13.3. The normalized spacial score (nSPS) is 16.5. The highest BCUT2D eigenvalue weighted by molar-refractivity contribution is 6.04. The van der Waals surface area contributed by atoms with Gasteiger partial charge in [-0.15, -0.1) is 0 Å². The average Bonchev–Trinajstić information content (AvgIpc) is 3.28. The Bertz CT molecular complexity index is 2220. The van der Waals surface area contributed by atoms with Crippen LogP contribution in [0.2, 0.25) is 0 Å². The minimum atomic E-state index is -2.00. The van der Waals surface area contributed by atoms with Gasteiger partial charge in [0.15, 0.2) is 52.6 Å². The predicted molar refractivity (Wildman–Crippen MR) is 215 cm³/mol. The second kappa shape index (κ2) is 24.5. The van der Waals surface area contributed by atoms with Crippen molar-refractivity contribution in [3.63, 3.8) is 0 Å². The van der Waals surface area contributed by atoms with Crippen LogP contribution < -0.4 is 21.3 Å². The molecule has 1 fully saturated rings. The third kappa shape index (κ3) is 14.5. The number of aromatic hydroxyl groups is 6. The van der Waals surface area contributed by atoms with Crippen molar-refractivity contribution >= 4 is 41.5 Å². The zero-order valence-corrected chi connectivity index (χ0v) is 34.0. The molecule has 1 saturated heterocycles. The maximum atomic E-state index is 13.6. The van der Waals surface area contributed by atoms with Gasteiger partial charge in [-0.3, -0.25) is 19.2 Å². The van der Waals surface area contributed by atoms with Crippen molar-refractivity contribution in [1.29, 1.82) is 0 Å². The lowest BCUT2D eigenvalue weighted by atomic mass is 10.1. The van der Waals surface area contributed by atoms with Crippen molar-refractivity contribution in [3.8, 4) is 34.5 Å². The van der Waals surface area contributed by atoms with E-state index in [1.165, 1.54) is 12.1 Å². The first-order valence-corrected chi connectivity index (χ1v) is 19.2. The van der Waals surface area contributed by atoms with E-state index in [0.29, 0.717) is 0 Å². The zero-order valence-electron chi connectivity index (χ0n) is 34.0. The number of cyclic esters (lactones) is 3. The Hall–Kier alpha value is -8.06. The van der Waals surface area contributed by atoms with Crippen LogP contribution in [0.5, 0.6) is 34.5 Å². The van der Waals surface area contributed by atoms with Gasteiger partial charge >= 0.3 is 17.9 Å². The Balaban J connectivity index is 1.47. The van der Waals surface area contributed by atoms with Crippen LogP contribution in [-0.2, 0) is 42.8 Å². The lowest BCUT2D eigenvalue weighted by Crippen LogP contribution is -2.52. The highest BCUT2D eigenvalue weighted by Gasteiger charge is 2.35. The van der Waals surface area contributed by atoms with Gasteiger partial charge in [0, 0.05) is 23.6 Å². The van der Waals surface area contributed by atoms with E-state index in [9.17, 15) is 64.2 Å². The first kappa shape index (κ1) is 49.6. The fourth-order valence-corrected chi connectivity index (χ4v) is 5.40. The summed E-state index contributed by atoms with van der Waals surface area (Å²) in [5.74, 6) is -13.9. The highest BCUT2D eigenvalue weighted by atomic mass is 16.6. The van der Waals surface area contributed by atoms with Gasteiger partial charge < -0.3 is 80.3 Å². The molecule has 3 aromatic rings. The van der Waals surface area contributed by atoms with E-state index in [1.807, 2.05) is 0 Å². The summed E-state index contributed by atoms with van der Waals surface area (Å²) in [6.07, 6.45) is 0. The number of nitrogens with one attached hydrogen (secondary N) is 4. The molecule has 3 atom stereocenters. The van der Waals surface area contributed by atoms with Gasteiger partial charge in [0.25, 0.3) is 23.6 Å². The van der Waals surface area contributed by atoms with Crippen LogP contribution in [0.25, 0.3) is 10.4 Å². The van der Waals surface area contributed by atoms with Crippen molar-refractivity contribution in [2.75, 3.05) is 72.6 Å². The number of hydrogen-bond acceptors (Lipinski definition) is 20. The molecule has 0 bridgehead atoms. The summed E-state index contributed by atoms with van der Waals surface area (Å²) in [7, 11) is 0. The minimum absolute atomic E-state index is 0.0150. The van der Waals surface area contributed by atoms with Gasteiger partial charge in [-0.2, -0.15) is 0 Å². The summed E-state index contributed by atoms with van der Waals surface area (Å²) >= 11 is 0. The summed E-state index contributed by atoms with van der Waals surface area (Å²) in [5, 5.41) is 73.3. The number of benzene rings is 3. The lowest BCUT2D eigenvalue weighted by Gasteiger charge is -2.25. The van der Waals surface area contributed by atoms with Crippen LogP contribution in [0.1, 0.15) is 41.4 Å². The van der Waals surface area contributed by atoms with Crippen LogP contribution in [-0.4, -0.2) is 163 Å². The van der Waals surface area contributed by atoms with E-state index < -0.39 is 131 Å². The number of amides is 4. The van der Waals surface area contributed by atoms with E-state index in [1.54, 1.807) is 0 Å². The van der Waals surface area contributed by atoms with Crippen molar-refractivity contribution in [2.45, 2.75) is 18.1 Å². The van der Waals surface area contributed by atoms with Crippen LogP contribution in [0, 0.1) is 0 Å². The summed E-state index contributed by atoms with van der Waals surface area (Å²) in [6.45, 7) is -1.85. The standard InChI is InChI=1S/C39H43N7O19/c40-46-42-8-10-61-12-14-62-13-11-60-9-7-41-33(53)20-15-23(32(52)29(49)16-20)36(56)45-26-19-65-38(58)24(43-34(54)21-3-1-5-27(47)30(21)50)17-63-37(57)25(18-64-39(26)59)44-35(55)22-4-2-6-28(48)31(22)51/h1-6,15-16,24-26,47-52H,7-14,17-19H2,(H,41,53)(H,43,54)(H,44,55)(H,45,56)/t24-,25-,26-/m0/s1. The van der Waals surface area contributed by atoms with E-state index in [0.717, 1.165) is 36.4 Å². The molecule has 1 heterocycles. The molecule has 0 spiro atoms. The number of nitrogens with zero attached hydrogens (tertiary/aromatic N) is 3. The Morgan fingerprint density at radius 2 is 1.00 bits per heavy atom. The van der Waals surface area contributed by atoms with Gasteiger partial charge in [0.1, 0.15) is 19.8 Å². The van der Waals surface area contributed by atoms with Gasteiger partial charge in [0.05, 0.1) is 56.3 Å². The van der Waals surface area contributed by atoms with Crippen LogP contribution in [0.4, 0.5) is 0 Å². The summed E-state index contributed by atoms with van der Waals surface area (Å²) in [6, 6.07) is 2.48. The Morgan fingerprint density at radius 1 is 0.585 bits per heavy atom. The first-order valence-electron chi connectivity index (χ1n) is 19.2. The zero-order chi connectivity index (χ0) is 47.5. The number of para-hydroxylation sites is 2. The predicted octanol–water partition coefficient (Wildman–Crippen LogP) is -0.651. The summed E-state index contributed by atoms with van der Waals surface area (Å²) < 4.78 is 31.4. The molecule has 1 aliphatic heterocycles. The number of azide groups is 1. The number of phenolic OH excluding ortho intramolecular Hbond substituents is 6. The number of carbonyl (C=O) groups excluding carboxylic acids is 7. The van der Waals surface area contributed by atoms with Crippen molar-refractivity contribution in [2.24, 2.45) is 5.11 Å². The van der Waals surface area contributed by atoms with Crippen molar-refractivity contribution < 1.29 is 92.6 Å². The molecule has 0 saturated carbocycles. The van der Waals surface area contributed by atoms with E-state index in [-0.39, 0.29) is 58.3 Å². The number of esters is 3. The third-order valence-corrected chi connectivity index (χ3v) is 8.74. The molecule has 65 heavy (non-hydrogen) atoms. The Labute approximate surface area is 366 Å². The molecule has 10 N–H and O–H groups in total. The Morgan fingerprint density at radius 3 is 1.46 bits per heavy atom. The molecule has 3 aromatic carbocycles. The smallest absolute Gasteiger partial charge is 0.332 e. The summed E-state index contributed by atoms with van der Waals surface area (Å²) in [5.41, 5.74) is 6.06. The maximum Gasteiger partial charge on any atom is 0.332 e. The monoisotopic (exact) mass is 913 g/mol. The molecule has 0 aliphatic carbocycles. The molecule has 26 nitrogen and oxygen atoms in total. The van der Waals surface area contributed by atoms with Crippen molar-refractivity contribution in [1.82, 2.24) is 21.3 Å². The molecule has 26 heteroatoms. The van der Waals surface area contributed by atoms with Crippen molar-refractivity contribution in [3.05, 3.63) is 81.2 Å². The maximum absolute atomic E-state index is 13.6. The second-order valence-corrected chi connectivity index (χ2v) is 13.3. The summed E-state index contributed by atoms with van der Waals surface area (Å²) in [4.78, 5) is 95.4.